The van der Waals surface area contributed by atoms with Crippen LogP contribution in [0.15, 0.2) is 24.3 Å². The molecule has 2 bridgehead atoms. The van der Waals surface area contributed by atoms with Gasteiger partial charge in [0, 0.05) is 31.7 Å². The zero-order chi connectivity index (χ0) is 16.4. The first-order valence-corrected chi connectivity index (χ1v) is 7.87. The first-order valence-electron chi connectivity index (χ1n) is 7.87. The maximum absolute atomic E-state index is 12.6. The van der Waals surface area contributed by atoms with Crippen LogP contribution in [0.25, 0.3) is 0 Å². The number of rotatable bonds is 4. The molecule has 0 radical (unpaired) electrons. The second-order valence-corrected chi connectivity index (χ2v) is 6.18. The number of alkyl halides is 3. The quantitative estimate of drug-likeness (QED) is 0.834. The Bertz CT molecular complexity index is 576. The lowest BCUT2D eigenvalue weighted by atomic mass is 10.1. The van der Waals surface area contributed by atoms with E-state index in [4.69, 9.17) is 0 Å². The van der Waals surface area contributed by atoms with E-state index in [2.05, 4.69) is 10.6 Å². The monoisotopic (exact) mass is 327 g/mol. The molecule has 4 nitrogen and oxygen atoms in total. The van der Waals surface area contributed by atoms with E-state index in [0.717, 1.165) is 25.6 Å². The van der Waals surface area contributed by atoms with Crippen molar-refractivity contribution in [3.05, 3.63) is 35.4 Å². The molecule has 2 aliphatic heterocycles. The van der Waals surface area contributed by atoms with Crippen LogP contribution in [0.1, 0.15) is 24.0 Å². The number of hydrogen-bond donors (Lipinski definition) is 2. The van der Waals surface area contributed by atoms with Crippen molar-refractivity contribution in [2.75, 3.05) is 19.6 Å². The van der Waals surface area contributed by atoms with E-state index in [-0.39, 0.29) is 12.1 Å². The molecule has 2 atom stereocenters. The summed E-state index contributed by atoms with van der Waals surface area (Å²) in [7, 11) is 0. The molecule has 2 amide bonds. The van der Waals surface area contributed by atoms with Crippen molar-refractivity contribution < 1.29 is 18.0 Å². The van der Waals surface area contributed by atoms with E-state index in [9.17, 15) is 18.0 Å². The Morgan fingerprint density at radius 3 is 2.87 bits per heavy atom. The van der Waals surface area contributed by atoms with Gasteiger partial charge < -0.3 is 15.5 Å². The van der Waals surface area contributed by atoms with Gasteiger partial charge in [0.25, 0.3) is 0 Å². The number of aryl methyl sites for hydroxylation is 1. The normalized spacial score (nSPS) is 23.3. The van der Waals surface area contributed by atoms with Crippen molar-refractivity contribution >= 4 is 6.03 Å². The number of piperazine rings is 1. The summed E-state index contributed by atoms with van der Waals surface area (Å²) in [5.41, 5.74) is 0.0122. The predicted octanol–water partition coefficient (Wildman–Crippen LogP) is 2.39. The van der Waals surface area contributed by atoms with Gasteiger partial charge in [0.1, 0.15) is 0 Å². The molecule has 2 fully saturated rings. The molecule has 23 heavy (non-hydrogen) atoms. The average molecular weight is 327 g/mol. The van der Waals surface area contributed by atoms with Crippen molar-refractivity contribution in [2.24, 2.45) is 0 Å². The van der Waals surface area contributed by atoms with Gasteiger partial charge >= 0.3 is 12.2 Å². The van der Waals surface area contributed by atoms with E-state index in [1.807, 2.05) is 4.90 Å². The van der Waals surface area contributed by atoms with E-state index >= 15 is 0 Å². The number of benzene rings is 1. The molecule has 0 spiro atoms. The number of halogens is 3. The third-order valence-corrected chi connectivity index (χ3v) is 4.49. The molecule has 3 rings (SSSR count). The Balaban J connectivity index is 1.42. The van der Waals surface area contributed by atoms with Gasteiger partial charge in [-0.25, -0.2) is 4.79 Å². The van der Waals surface area contributed by atoms with Gasteiger partial charge in [0.15, 0.2) is 0 Å². The maximum Gasteiger partial charge on any atom is 0.416 e. The van der Waals surface area contributed by atoms with Gasteiger partial charge in [0.2, 0.25) is 0 Å². The standard InChI is InChI=1S/C16H20F3N3O/c17-16(18,19)12-5-1-3-11(7-12)4-2-6-20-15(23)22-10-13-8-14(22)9-21-13/h1,3,5,7,13-14,21H,2,4,6,8-10H2,(H,20,23)/t13-,14-/m0/s1. The topological polar surface area (TPSA) is 44.4 Å². The molecule has 2 aliphatic rings. The molecule has 1 aromatic rings. The van der Waals surface area contributed by atoms with Crippen LogP contribution in [0, 0.1) is 0 Å². The van der Waals surface area contributed by atoms with Gasteiger partial charge in [0.05, 0.1) is 5.56 Å². The number of carbonyl (C=O) groups excluding carboxylic acids is 1. The summed E-state index contributed by atoms with van der Waals surface area (Å²) < 4.78 is 37.9. The summed E-state index contributed by atoms with van der Waals surface area (Å²) in [4.78, 5) is 13.9. The van der Waals surface area contributed by atoms with Crippen molar-refractivity contribution in [3.8, 4) is 0 Å². The highest BCUT2D eigenvalue weighted by Gasteiger charge is 2.39. The SMILES string of the molecule is O=C(NCCCc1cccc(C(F)(F)F)c1)N1C[C@@H]2C[C@H]1CN2. The molecule has 1 aromatic carbocycles. The Morgan fingerprint density at radius 1 is 1.39 bits per heavy atom. The number of carbonyl (C=O) groups is 1. The first kappa shape index (κ1) is 16.1. The molecular formula is C16H20F3N3O. The minimum Gasteiger partial charge on any atom is -0.338 e. The third-order valence-electron chi connectivity index (χ3n) is 4.49. The number of fused-ring (bicyclic) bond motifs is 2. The molecule has 0 aromatic heterocycles. The van der Waals surface area contributed by atoms with Gasteiger partial charge in [-0.3, -0.25) is 0 Å². The van der Waals surface area contributed by atoms with Gasteiger partial charge in [-0.05, 0) is 30.9 Å². The van der Waals surface area contributed by atoms with Crippen LogP contribution in [0.3, 0.4) is 0 Å². The van der Waals surface area contributed by atoms with E-state index in [0.29, 0.717) is 31.0 Å². The third kappa shape index (κ3) is 3.77. The van der Waals surface area contributed by atoms with Crippen LogP contribution in [-0.2, 0) is 12.6 Å². The molecule has 0 aliphatic carbocycles. The van der Waals surface area contributed by atoms with Crippen LogP contribution in [0.4, 0.5) is 18.0 Å². The van der Waals surface area contributed by atoms with Crippen molar-refractivity contribution in [2.45, 2.75) is 37.5 Å². The summed E-state index contributed by atoms with van der Waals surface area (Å²) in [6.07, 6.45) is -2.17. The number of urea groups is 1. The van der Waals surface area contributed by atoms with Crippen molar-refractivity contribution in [3.63, 3.8) is 0 Å². The number of hydrogen-bond acceptors (Lipinski definition) is 2. The zero-order valence-corrected chi connectivity index (χ0v) is 12.7. The van der Waals surface area contributed by atoms with Gasteiger partial charge in [-0.15, -0.1) is 0 Å². The molecular weight excluding hydrogens is 307 g/mol. The average Bonchev–Trinajstić information content (AvgIpc) is 3.14. The second kappa shape index (κ2) is 6.39. The maximum atomic E-state index is 12.6. The van der Waals surface area contributed by atoms with E-state index < -0.39 is 11.7 Å². The molecule has 0 saturated carbocycles. The molecule has 7 heteroatoms. The van der Waals surface area contributed by atoms with Crippen LogP contribution in [0.2, 0.25) is 0 Å². The summed E-state index contributed by atoms with van der Waals surface area (Å²) in [6.45, 7) is 2.06. The lowest BCUT2D eigenvalue weighted by molar-refractivity contribution is -0.137. The van der Waals surface area contributed by atoms with Crippen molar-refractivity contribution in [1.29, 1.82) is 0 Å². The molecule has 2 heterocycles. The zero-order valence-electron chi connectivity index (χ0n) is 12.7. The fraction of sp³-hybridized carbons (Fsp3) is 0.562. The smallest absolute Gasteiger partial charge is 0.338 e. The highest BCUT2D eigenvalue weighted by atomic mass is 19.4. The Labute approximate surface area is 133 Å². The minimum absolute atomic E-state index is 0.0666. The molecule has 126 valence electrons. The fourth-order valence-corrected chi connectivity index (χ4v) is 3.30. The largest absolute Gasteiger partial charge is 0.416 e. The highest BCUT2D eigenvalue weighted by Crippen LogP contribution is 2.29. The highest BCUT2D eigenvalue weighted by molar-refractivity contribution is 5.75. The fourth-order valence-electron chi connectivity index (χ4n) is 3.30. The Morgan fingerprint density at radius 2 is 2.22 bits per heavy atom. The lowest BCUT2D eigenvalue weighted by Gasteiger charge is -2.27. The molecule has 2 saturated heterocycles. The van der Waals surface area contributed by atoms with Crippen LogP contribution < -0.4 is 10.6 Å². The Hall–Kier alpha value is -1.76. The van der Waals surface area contributed by atoms with Crippen LogP contribution in [-0.4, -0.2) is 42.6 Å². The first-order chi connectivity index (χ1) is 10.9. The lowest BCUT2D eigenvalue weighted by Crippen LogP contribution is -2.50. The minimum atomic E-state index is -4.31. The van der Waals surface area contributed by atoms with Gasteiger partial charge in [-0.1, -0.05) is 18.2 Å². The van der Waals surface area contributed by atoms with E-state index in [1.165, 1.54) is 12.1 Å². The Kier molecular flexibility index (Phi) is 4.48. The molecule has 0 unspecified atom stereocenters. The predicted molar refractivity (Wildman–Crippen MR) is 80.1 cm³/mol. The number of amides is 2. The summed E-state index contributed by atoms with van der Waals surface area (Å²) in [6, 6.07) is 5.98. The summed E-state index contributed by atoms with van der Waals surface area (Å²) in [5.74, 6) is 0. The van der Waals surface area contributed by atoms with Crippen LogP contribution in [0.5, 0.6) is 0 Å². The van der Waals surface area contributed by atoms with E-state index in [1.54, 1.807) is 6.07 Å². The number of likely N-dealkylation sites (tertiary alicyclic amines) is 1. The molecule has 2 N–H and O–H groups in total. The number of nitrogens with one attached hydrogen (secondary N) is 2. The van der Waals surface area contributed by atoms with Crippen LogP contribution >= 0.6 is 0 Å². The van der Waals surface area contributed by atoms with Crippen molar-refractivity contribution in [1.82, 2.24) is 15.5 Å². The number of nitrogens with zero attached hydrogens (tertiary/aromatic N) is 1. The second-order valence-electron chi connectivity index (χ2n) is 6.18. The van der Waals surface area contributed by atoms with Gasteiger partial charge in [-0.2, -0.15) is 13.2 Å². The summed E-state index contributed by atoms with van der Waals surface area (Å²) >= 11 is 0. The summed E-state index contributed by atoms with van der Waals surface area (Å²) in [5, 5.41) is 6.20.